The van der Waals surface area contributed by atoms with Crippen molar-refractivity contribution in [3.8, 4) is 0 Å². The van der Waals surface area contributed by atoms with E-state index in [9.17, 15) is 5.11 Å². The van der Waals surface area contributed by atoms with Crippen LogP contribution in [0.25, 0.3) is 0 Å². The Kier molecular flexibility index (Phi) is 5.08. The molecule has 19 heavy (non-hydrogen) atoms. The van der Waals surface area contributed by atoms with Gasteiger partial charge >= 0.3 is 0 Å². The van der Waals surface area contributed by atoms with Crippen molar-refractivity contribution in [2.75, 3.05) is 19.0 Å². The van der Waals surface area contributed by atoms with Crippen LogP contribution in [-0.2, 0) is 4.74 Å². The van der Waals surface area contributed by atoms with Crippen LogP contribution in [0.4, 0.5) is 5.69 Å². The number of benzene rings is 1. The fraction of sp³-hybridized carbons (Fsp3) is 0.600. The molecule has 3 nitrogen and oxygen atoms in total. The SMILES string of the molecule is COC(O)c1cc(Cl)cc(NCC2CCCC2)c1C. The third kappa shape index (κ3) is 3.62. The van der Waals surface area contributed by atoms with Gasteiger partial charge in [-0.3, -0.25) is 0 Å². The monoisotopic (exact) mass is 283 g/mol. The molecule has 4 heteroatoms. The lowest BCUT2D eigenvalue weighted by molar-refractivity contribution is -0.0772. The minimum atomic E-state index is -0.925. The first-order valence-electron chi connectivity index (χ1n) is 6.86. The van der Waals surface area contributed by atoms with Crippen molar-refractivity contribution < 1.29 is 9.84 Å². The molecule has 0 spiro atoms. The molecule has 1 fully saturated rings. The van der Waals surface area contributed by atoms with Crippen molar-refractivity contribution in [1.82, 2.24) is 0 Å². The van der Waals surface area contributed by atoms with Crippen molar-refractivity contribution in [2.24, 2.45) is 5.92 Å². The van der Waals surface area contributed by atoms with E-state index in [1.807, 2.05) is 13.0 Å². The molecule has 0 heterocycles. The first-order chi connectivity index (χ1) is 9.11. The fourth-order valence-electron chi connectivity index (χ4n) is 2.74. The average Bonchev–Trinajstić information content (AvgIpc) is 2.91. The van der Waals surface area contributed by atoms with E-state index in [1.54, 1.807) is 6.07 Å². The van der Waals surface area contributed by atoms with Crippen LogP contribution in [0, 0.1) is 12.8 Å². The van der Waals surface area contributed by atoms with E-state index in [-0.39, 0.29) is 0 Å². The smallest absolute Gasteiger partial charge is 0.181 e. The Morgan fingerprint density at radius 3 is 2.74 bits per heavy atom. The second-order valence-electron chi connectivity index (χ2n) is 5.29. The Morgan fingerprint density at radius 2 is 2.11 bits per heavy atom. The molecular weight excluding hydrogens is 262 g/mol. The van der Waals surface area contributed by atoms with Gasteiger partial charge in [-0.1, -0.05) is 24.4 Å². The van der Waals surface area contributed by atoms with Crippen LogP contribution in [0.1, 0.15) is 43.1 Å². The summed E-state index contributed by atoms with van der Waals surface area (Å²) in [7, 11) is 1.48. The van der Waals surface area contributed by atoms with Gasteiger partial charge in [-0.25, -0.2) is 0 Å². The highest BCUT2D eigenvalue weighted by molar-refractivity contribution is 6.31. The third-order valence-corrected chi connectivity index (χ3v) is 4.18. The van der Waals surface area contributed by atoms with E-state index in [4.69, 9.17) is 16.3 Å². The largest absolute Gasteiger partial charge is 0.385 e. The van der Waals surface area contributed by atoms with Crippen LogP contribution in [0.5, 0.6) is 0 Å². The number of aliphatic hydroxyl groups is 1. The Hall–Kier alpha value is -0.770. The van der Waals surface area contributed by atoms with Crippen LogP contribution in [-0.4, -0.2) is 18.8 Å². The number of aliphatic hydroxyl groups excluding tert-OH is 1. The van der Waals surface area contributed by atoms with Gasteiger partial charge in [0.15, 0.2) is 6.29 Å². The summed E-state index contributed by atoms with van der Waals surface area (Å²) < 4.78 is 4.97. The number of methoxy groups -OCH3 is 1. The van der Waals surface area contributed by atoms with Gasteiger partial charge in [0.25, 0.3) is 0 Å². The Morgan fingerprint density at radius 1 is 1.42 bits per heavy atom. The molecule has 2 N–H and O–H groups in total. The summed E-state index contributed by atoms with van der Waals surface area (Å²) in [6.07, 6.45) is 4.37. The predicted octanol–water partition coefficient (Wildman–Crippen LogP) is 3.89. The van der Waals surface area contributed by atoms with Gasteiger partial charge in [0.2, 0.25) is 0 Å². The molecular formula is C15H22ClNO2. The average molecular weight is 284 g/mol. The van der Waals surface area contributed by atoms with Gasteiger partial charge < -0.3 is 15.2 Å². The summed E-state index contributed by atoms with van der Waals surface area (Å²) in [6, 6.07) is 3.67. The standard InChI is InChI=1S/C15H22ClNO2/c1-10-13(15(18)19-2)7-12(16)8-14(10)17-9-11-5-3-4-6-11/h7-8,11,15,17-18H,3-6,9H2,1-2H3. The minimum Gasteiger partial charge on any atom is -0.385 e. The summed E-state index contributed by atoms with van der Waals surface area (Å²) in [5.41, 5.74) is 2.71. The molecule has 0 amide bonds. The molecule has 1 atom stereocenters. The van der Waals surface area contributed by atoms with Crippen molar-refractivity contribution in [3.05, 3.63) is 28.3 Å². The Bertz CT molecular complexity index is 430. The normalized spacial score (nSPS) is 17.7. The highest BCUT2D eigenvalue weighted by Gasteiger charge is 2.17. The zero-order chi connectivity index (χ0) is 13.8. The molecule has 0 aliphatic heterocycles. The maximum absolute atomic E-state index is 9.83. The molecule has 0 radical (unpaired) electrons. The Balaban J connectivity index is 2.12. The molecule has 1 aliphatic carbocycles. The van der Waals surface area contributed by atoms with Gasteiger partial charge in [-0.2, -0.15) is 0 Å². The molecule has 106 valence electrons. The van der Waals surface area contributed by atoms with Crippen molar-refractivity contribution in [2.45, 2.75) is 38.9 Å². The van der Waals surface area contributed by atoms with E-state index >= 15 is 0 Å². The van der Waals surface area contributed by atoms with E-state index < -0.39 is 6.29 Å². The molecule has 1 aromatic carbocycles. The lowest BCUT2D eigenvalue weighted by Crippen LogP contribution is -2.13. The highest BCUT2D eigenvalue weighted by Crippen LogP contribution is 2.31. The second kappa shape index (κ2) is 6.60. The van der Waals surface area contributed by atoms with Crippen LogP contribution in [0.3, 0.4) is 0 Å². The highest BCUT2D eigenvalue weighted by atomic mass is 35.5. The van der Waals surface area contributed by atoms with E-state index in [2.05, 4.69) is 5.32 Å². The zero-order valence-corrected chi connectivity index (χ0v) is 12.3. The number of hydrogen-bond donors (Lipinski definition) is 2. The van der Waals surface area contributed by atoms with Crippen LogP contribution in [0.15, 0.2) is 12.1 Å². The molecule has 0 aromatic heterocycles. The first-order valence-corrected chi connectivity index (χ1v) is 7.24. The lowest BCUT2D eigenvalue weighted by Gasteiger charge is -2.18. The van der Waals surface area contributed by atoms with Crippen LogP contribution < -0.4 is 5.32 Å². The van der Waals surface area contributed by atoms with Gasteiger partial charge in [0, 0.05) is 29.9 Å². The molecule has 1 saturated carbocycles. The molecule has 0 saturated heterocycles. The summed E-state index contributed by atoms with van der Waals surface area (Å²) in [5.74, 6) is 0.759. The van der Waals surface area contributed by atoms with Gasteiger partial charge in [-0.15, -0.1) is 0 Å². The Labute approximate surface area is 119 Å². The summed E-state index contributed by atoms with van der Waals surface area (Å²) in [6.45, 7) is 2.95. The van der Waals surface area contributed by atoms with E-state index in [0.717, 1.165) is 29.3 Å². The summed E-state index contributed by atoms with van der Waals surface area (Å²) >= 11 is 6.11. The summed E-state index contributed by atoms with van der Waals surface area (Å²) in [4.78, 5) is 0. The number of halogens is 1. The molecule has 1 unspecified atom stereocenters. The number of ether oxygens (including phenoxy) is 1. The van der Waals surface area contributed by atoms with Gasteiger partial charge in [-0.05, 0) is 43.4 Å². The number of nitrogens with one attached hydrogen (secondary N) is 1. The third-order valence-electron chi connectivity index (χ3n) is 3.96. The maximum Gasteiger partial charge on any atom is 0.181 e. The number of hydrogen-bond acceptors (Lipinski definition) is 3. The fourth-order valence-corrected chi connectivity index (χ4v) is 2.96. The molecule has 1 aromatic rings. The maximum atomic E-state index is 9.83. The van der Waals surface area contributed by atoms with E-state index in [1.165, 1.54) is 32.8 Å². The molecule has 2 rings (SSSR count). The molecule has 0 bridgehead atoms. The second-order valence-corrected chi connectivity index (χ2v) is 5.72. The van der Waals surface area contributed by atoms with Crippen LogP contribution >= 0.6 is 11.6 Å². The number of rotatable bonds is 5. The van der Waals surface area contributed by atoms with Crippen molar-refractivity contribution in [1.29, 1.82) is 0 Å². The number of anilines is 1. The van der Waals surface area contributed by atoms with E-state index in [0.29, 0.717) is 5.02 Å². The first kappa shape index (κ1) is 14.6. The van der Waals surface area contributed by atoms with Gasteiger partial charge in [0.1, 0.15) is 0 Å². The van der Waals surface area contributed by atoms with Crippen LogP contribution in [0.2, 0.25) is 5.02 Å². The van der Waals surface area contributed by atoms with Crippen molar-refractivity contribution in [3.63, 3.8) is 0 Å². The quantitative estimate of drug-likeness (QED) is 0.806. The molecule has 1 aliphatic rings. The van der Waals surface area contributed by atoms with Gasteiger partial charge in [0.05, 0.1) is 0 Å². The zero-order valence-electron chi connectivity index (χ0n) is 11.6. The predicted molar refractivity (Wildman–Crippen MR) is 78.6 cm³/mol. The van der Waals surface area contributed by atoms with Crippen molar-refractivity contribution >= 4 is 17.3 Å². The topological polar surface area (TPSA) is 41.5 Å². The minimum absolute atomic E-state index is 0.616. The lowest BCUT2D eigenvalue weighted by atomic mass is 10.0. The summed E-state index contributed by atoms with van der Waals surface area (Å²) in [5, 5.41) is 13.9.